The maximum absolute atomic E-state index is 10.4. The predicted molar refractivity (Wildman–Crippen MR) is 46.0 cm³/mol. The van der Waals surface area contributed by atoms with Gasteiger partial charge in [0.25, 0.3) is 0 Å². The normalized spacial score (nSPS) is 18.3. The highest BCUT2D eigenvalue weighted by atomic mass is 16.4. The molecule has 0 amide bonds. The van der Waals surface area contributed by atoms with Gasteiger partial charge in [0.1, 0.15) is 6.04 Å². The molecule has 72 valence electrons. The van der Waals surface area contributed by atoms with Crippen molar-refractivity contribution in [3.05, 3.63) is 0 Å². The number of aliphatic carboxylic acids is 1. The minimum atomic E-state index is -0.868. The van der Waals surface area contributed by atoms with E-state index >= 15 is 0 Å². The lowest BCUT2D eigenvalue weighted by Gasteiger charge is -2.17. The summed E-state index contributed by atoms with van der Waals surface area (Å²) in [5.74, 6) is -0.868. The number of aliphatic hydroxyl groups excluding tert-OH is 1. The first-order chi connectivity index (χ1) is 5.43. The molecule has 12 heavy (non-hydrogen) atoms. The molecule has 0 fully saturated rings. The fourth-order valence-corrected chi connectivity index (χ4v) is 1.08. The summed E-state index contributed by atoms with van der Waals surface area (Å²) in [5, 5.41) is 20.4. The molecular formula is C8H17NO3. The standard InChI is InChI=1S/C8H17NO3/c1-5(4-6(2)10)9-7(3)8(11)12/h5-7,9-10H,4H2,1-3H3,(H,11,12). The third-order valence-corrected chi connectivity index (χ3v) is 1.60. The van der Waals surface area contributed by atoms with Gasteiger partial charge in [0, 0.05) is 6.04 Å². The van der Waals surface area contributed by atoms with Crippen LogP contribution in [0.25, 0.3) is 0 Å². The molecule has 4 heteroatoms. The van der Waals surface area contributed by atoms with Crippen molar-refractivity contribution in [3.8, 4) is 0 Å². The van der Waals surface area contributed by atoms with Crippen molar-refractivity contribution in [2.45, 2.75) is 45.4 Å². The monoisotopic (exact) mass is 175 g/mol. The lowest BCUT2D eigenvalue weighted by molar-refractivity contribution is -0.139. The molecule has 0 aliphatic rings. The first kappa shape index (κ1) is 11.4. The summed E-state index contributed by atoms with van der Waals surface area (Å²) in [4.78, 5) is 10.4. The number of hydrogen-bond donors (Lipinski definition) is 3. The molecule has 3 N–H and O–H groups in total. The second kappa shape index (κ2) is 5.11. The van der Waals surface area contributed by atoms with Gasteiger partial charge in [0.15, 0.2) is 0 Å². The summed E-state index contributed by atoms with van der Waals surface area (Å²) < 4.78 is 0. The molecule has 4 nitrogen and oxygen atoms in total. The summed E-state index contributed by atoms with van der Waals surface area (Å²) in [6, 6.07) is -0.533. The summed E-state index contributed by atoms with van der Waals surface area (Å²) >= 11 is 0. The number of carboxylic acids is 1. The average Bonchev–Trinajstić information content (AvgIpc) is 1.84. The minimum Gasteiger partial charge on any atom is -0.480 e. The highest BCUT2D eigenvalue weighted by Gasteiger charge is 2.14. The fourth-order valence-electron chi connectivity index (χ4n) is 1.08. The van der Waals surface area contributed by atoms with E-state index in [4.69, 9.17) is 10.2 Å². The van der Waals surface area contributed by atoms with Gasteiger partial charge >= 0.3 is 5.97 Å². The Labute approximate surface area is 72.6 Å². The highest BCUT2D eigenvalue weighted by Crippen LogP contribution is 1.97. The second-order valence-corrected chi connectivity index (χ2v) is 3.21. The number of carboxylic acid groups (broad SMARTS) is 1. The predicted octanol–water partition coefficient (Wildman–Crippen LogP) is 0.208. The van der Waals surface area contributed by atoms with Gasteiger partial charge in [0.2, 0.25) is 0 Å². The van der Waals surface area contributed by atoms with E-state index in [0.717, 1.165) is 0 Å². The van der Waals surface area contributed by atoms with Gasteiger partial charge < -0.3 is 15.5 Å². The van der Waals surface area contributed by atoms with Crippen LogP contribution in [0.1, 0.15) is 27.2 Å². The van der Waals surface area contributed by atoms with Crippen LogP contribution in [-0.4, -0.2) is 34.4 Å². The van der Waals surface area contributed by atoms with Gasteiger partial charge in [0.05, 0.1) is 6.10 Å². The van der Waals surface area contributed by atoms with E-state index in [1.54, 1.807) is 13.8 Å². The van der Waals surface area contributed by atoms with Crippen molar-refractivity contribution in [1.82, 2.24) is 5.32 Å². The molecule has 3 atom stereocenters. The van der Waals surface area contributed by atoms with E-state index in [0.29, 0.717) is 6.42 Å². The van der Waals surface area contributed by atoms with Crippen LogP contribution < -0.4 is 5.32 Å². The number of aliphatic hydroxyl groups is 1. The molecule has 0 aliphatic carbocycles. The number of rotatable bonds is 5. The van der Waals surface area contributed by atoms with Crippen LogP contribution in [0, 0.1) is 0 Å². The van der Waals surface area contributed by atoms with Crippen LogP contribution in [0.2, 0.25) is 0 Å². The summed E-state index contributed by atoms with van der Waals surface area (Å²) in [7, 11) is 0. The maximum atomic E-state index is 10.4. The Balaban J connectivity index is 3.68. The Bertz CT molecular complexity index is 147. The van der Waals surface area contributed by atoms with E-state index in [1.165, 1.54) is 0 Å². The minimum absolute atomic E-state index is 0.0242. The van der Waals surface area contributed by atoms with E-state index in [9.17, 15) is 4.79 Å². The van der Waals surface area contributed by atoms with Gasteiger partial charge in [-0.3, -0.25) is 4.79 Å². The smallest absolute Gasteiger partial charge is 0.320 e. The van der Waals surface area contributed by atoms with Gasteiger partial charge in [-0.2, -0.15) is 0 Å². The molecule has 3 unspecified atom stereocenters. The lowest BCUT2D eigenvalue weighted by atomic mass is 10.1. The van der Waals surface area contributed by atoms with E-state index < -0.39 is 18.1 Å². The Kier molecular flexibility index (Phi) is 4.85. The fraction of sp³-hybridized carbons (Fsp3) is 0.875. The number of nitrogens with one attached hydrogen (secondary N) is 1. The molecule has 0 aromatic carbocycles. The van der Waals surface area contributed by atoms with Crippen LogP contribution >= 0.6 is 0 Å². The maximum Gasteiger partial charge on any atom is 0.320 e. The van der Waals surface area contributed by atoms with Crippen LogP contribution in [0.5, 0.6) is 0 Å². The van der Waals surface area contributed by atoms with Gasteiger partial charge in [-0.1, -0.05) is 0 Å². The molecule has 0 saturated heterocycles. The zero-order chi connectivity index (χ0) is 9.72. The Morgan fingerprint density at radius 2 is 1.92 bits per heavy atom. The van der Waals surface area contributed by atoms with Gasteiger partial charge in [-0.05, 0) is 27.2 Å². The molecular weight excluding hydrogens is 158 g/mol. The molecule has 0 aliphatic heterocycles. The SMILES string of the molecule is CC(O)CC(C)NC(C)C(=O)O. The molecule has 0 aromatic rings. The van der Waals surface area contributed by atoms with Crippen LogP contribution in [0.4, 0.5) is 0 Å². The van der Waals surface area contributed by atoms with Crippen LogP contribution in [0.15, 0.2) is 0 Å². The van der Waals surface area contributed by atoms with Crippen molar-refractivity contribution < 1.29 is 15.0 Å². The first-order valence-corrected chi connectivity index (χ1v) is 4.10. The second-order valence-electron chi connectivity index (χ2n) is 3.21. The Hall–Kier alpha value is -0.610. The number of carbonyl (C=O) groups is 1. The summed E-state index contributed by atoms with van der Waals surface area (Å²) in [6.07, 6.45) is 0.172. The lowest BCUT2D eigenvalue weighted by Crippen LogP contribution is -2.41. The van der Waals surface area contributed by atoms with E-state index in [-0.39, 0.29) is 6.04 Å². The molecule has 0 saturated carbocycles. The van der Waals surface area contributed by atoms with Crippen molar-refractivity contribution >= 4 is 5.97 Å². The molecule has 0 radical (unpaired) electrons. The topological polar surface area (TPSA) is 69.6 Å². The zero-order valence-corrected chi connectivity index (χ0v) is 7.74. The average molecular weight is 175 g/mol. The highest BCUT2D eigenvalue weighted by molar-refractivity contribution is 5.72. The van der Waals surface area contributed by atoms with Crippen molar-refractivity contribution in [3.63, 3.8) is 0 Å². The summed E-state index contributed by atoms with van der Waals surface area (Å²) in [6.45, 7) is 5.12. The first-order valence-electron chi connectivity index (χ1n) is 4.10. The summed E-state index contributed by atoms with van der Waals surface area (Å²) in [5.41, 5.74) is 0. The molecule has 0 spiro atoms. The van der Waals surface area contributed by atoms with E-state index in [1.807, 2.05) is 6.92 Å². The third-order valence-electron chi connectivity index (χ3n) is 1.60. The van der Waals surface area contributed by atoms with Gasteiger partial charge in [-0.15, -0.1) is 0 Å². The molecule has 0 bridgehead atoms. The molecule has 0 rings (SSSR count). The van der Waals surface area contributed by atoms with Crippen molar-refractivity contribution in [2.24, 2.45) is 0 Å². The van der Waals surface area contributed by atoms with Crippen molar-refractivity contribution in [2.75, 3.05) is 0 Å². The van der Waals surface area contributed by atoms with Crippen LogP contribution in [0.3, 0.4) is 0 Å². The zero-order valence-electron chi connectivity index (χ0n) is 7.74. The Morgan fingerprint density at radius 3 is 2.25 bits per heavy atom. The van der Waals surface area contributed by atoms with E-state index in [2.05, 4.69) is 5.32 Å². The van der Waals surface area contributed by atoms with Gasteiger partial charge in [-0.25, -0.2) is 0 Å². The molecule has 0 heterocycles. The third kappa shape index (κ3) is 5.09. The quantitative estimate of drug-likeness (QED) is 0.558. The number of hydrogen-bond acceptors (Lipinski definition) is 3. The molecule has 0 aromatic heterocycles. The van der Waals surface area contributed by atoms with Crippen LogP contribution in [-0.2, 0) is 4.79 Å². The van der Waals surface area contributed by atoms with Crippen molar-refractivity contribution in [1.29, 1.82) is 0 Å². The largest absolute Gasteiger partial charge is 0.480 e. The Morgan fingerprint density at radius 1 is 1.42 bits per heavy atom.